The Morgan fingerprint density at radius 1 is 1.11 bits per heavy atom. The summed E-state index contributed by atoms with van der Waals surface area (Å²) in [5, 5.41) is 0.775. The van der Waals surface area contributed by atoms with Crippen molar-refractivity contribution < 1.29 is 9.13 Å². The van der Waals surface area contributed by atoms with E-state index >= 15 is 0 Å². The van der Waals surface area contributed by atoms with Gasteiger partial charge in [0, 0.05) is 17.1 Å². The van der Waals surface area contributed by atoms with Gasteiger partial charge in [-0.05, 0) is 52.3 Å². The van der Waals surface area contributed by atoms with Crippen molar-refractivity contribution in [1.29, 1.82) is 0 Å². The van der Waals surface area contributed by atoms with Gasteiger partial charge in [0.2, 0.25) is 0 Å². The Hall–Kier alpha value is -1.64. The fourth-order valence-corrected chi connectivity index (χ4v) is 1.83. The predicted octanol–water partition coefficient (Wildman–Crippen LogP) is 4.17. The van der Waals surface area contributed by atoms with Crippen LogP contribution in [0.3, 0.4) is 0 Å². The second-order valence-electron chi connectivity index (χ2n) is 5.58. The third kappa shape index (κ3) is 2.61. The van der Waals surface area contributed by atoms with E-state index in [0.717, 1.165) is 16.6 Å². The molecular formula is C15H18FNO. The number of halogens is 1. The van der Waals surface area contributed by atoms with Crippen LogP contribution in [0.5, 0.6) is 5.75 Å². The minimum Gasteiger partial charge on any atom is -0.488 e. The highest BCUT2D eigenvalue weighted by molar-refractivity contribution is 5.81. The number of aryl methyl sites for hydroxylation is 2. The average molecular weight is 247 g/mol. The van der Waals surface area contributed by atoms with Gasteiger partial charge in [0.1, 0.15) is 16.9 Å². The van der Waals surface area contributed by atoms with Gasteiger partial charge in [-0.2, -0.15) is 0 Å². The molecule has 0 amide bonds. The maximum atomic E-state index is 14.0. The second-order valence-corrected chi connectivity index (χ2v) is 5.58. The SMILES string of the molecule is Cc1cc2cc(OC(C)(C)C)cc(F)c2nc1C. The number of aromatic nitrogens is 1. The van der Waals surface area contributed by atoms with Gasteiger partial charge in [0.05, 0.1) is 0 Å². The first-order valence-corrected chi connectivity index (χ1v) is 6.03. The number of rotatable bonds is 1. The lowest BCUT2D eigenvalue weighted by molar-refractivity contribution is 0.130. The molecule has 0 fully saturated rings. The molecule has 0 N–H and O–H groups in total. The van der Waals surface area contributed by atoms with Gasteiger partial charge < -0.3 is 4.74 Å². The molecule has 18 heavy (non-hydrogen) atoms. The maximum absolute atomic E-state index is 14.0. The molecule has 2 rings (SSSR count). The number of hydrogen-bond acceptors (Lipinski definition) is 2. The van der Waals surface area contributed by atoms with Crippen LogP contribution >= 0.6 is 0 Å². The lowest BCUT2D eigenvalue weighted by atomic mass is 10.1. The lowest BCUT2D eigenvalue weighted by Gasteiger charge is -2.21. The quantitative estimate of drug-likeness (QED) is 0.754. The van der Waals surface area contributed by atoms with Crippen molar-refractivity contribution in [2.75, 3.05) is 0 Å². The van der Waals surface area contributed by atoms with Gasteiger partial charge in [0.25, 0.3) is 0 Å². The molecule has 0 aliphatic heterocycles. The molecule has 0 atom stereocenters. The van der Waals surface area contributed by atoms with E-state index in [1.165, 1.54) is 6.07 Å². The summed E-state index contributed by atoms with van der Waals surface area (Å²) < 4.78 is 19.7. The van der Waals surface area contributed by atoms with Crippen LogP contribution in [-0.2, 0) is 0 Å². The summed E-state index contributed by atoms with van der Waals surface area (Å²) in [5.74, 6) is 0.201. The van der Waals surface area contributed by atoms with Crippen LogP contribution in [0.2, 0.25) is 0 Å². The summed E-state index contributed by atoms with van der Waals surface area (Å²) in [6.45, 7) is 9.67. The minimum atomic E-state index is -0.340. The number of hydrogen-bond donors (Lipinski definition) is 0. The smallest absolute Gasteiger partial charge is 0.153 e. The van der Waals surface area contributed by atoms with E-state index < -0.39 is 0 Å². The Balaban J connectivity index is 2.58. The average Bonchev–Trinajstić information content (AvgIpc) is 2.18. The fourth-order valence-electron chi connectivity index (χ4n) is 1.83. The standard InChI is InChI=1S/C15H18FNO/c1-9-6-11-7-12(18-15(3,4)5)8-13(16)14(11)17-10(9)2/h6-8H,1-5H3. The molecule has 1 aromatic heterocycles. The van der Waals surface area contributed by atoms with Crippen molar-refractivity contribution in [3.8, 4) is 5.75 Å². The van der Waals surface area contributed by atoms with Gasteiger partial charge in [-0.25, -0.2) is 9.37 Å². The van der Waals surface area contributed by atoms with Crippen LogP contribution in [0.4, 0.5) is 4.39 Å². The van der Waals surface area contributed by atoms with Gasteiger partial charge in [0.15, 0.2) is 5.82 Å². The molecule has 2 nitrogen and oxygen atoms in total. The first-order valence-electron chi connectivity index (χ1n) is 6.03. The van der Waals surface area contributed by atoms with Crippen molar-refractivity contribution in [3.63, 3.8) is 0 Å². The molecule has 2 aromatic rings. The van der Waals surface area contributed by atoms with Crippen LogP contribution in [0.15, 0.2) is 18.2 Å². The van der Waals surface area contributed by atoms with Gasteiger partial charge in [-0.1, -0.05) is 0 Å². The number of fused-ring (bicyclic) bond motifs is 1. The monoisotopic (exact) mass is 247 g/mol. The van der Waals surface area contributed by atoms with E-state index in [4.69, 9.17) is 4.74 Å². The van der Waals surface area contributed by atoms with E-state index in [0.29, 0.717) is 11.3 Å². The van der Waals surface area contributed by atoms with E-state index in [1.54, 1.807) is 0 Å². The van der Waals surface area contributed by atoms with Crippen molar-refractivity contribution in [2.45, 2.75) is 40.2 Å². The zero-order valence-electron chi connectivity index (χ0n) is 11.5. The molecule has 0 aliphatic carbocycles. The molecule has 1 heterocycles. The zero-order chi connectivity index (χ0) is 13.5. The molecule has 0 saturated carbocycles. The lowest BCUT2D eigenvalue weighted by Crippen LogP contribution is -2.23. The highest BCUT2D eigenvalue weighted by Crippen LogP contribution is 2.27. The Morgan fingerprint density at radius 3 is 2.39 bits per heavy atom. The summed E-state index contributed by atoms with van der Waals surface area (Å²) in [7, 11) is 0. The molecule has 0 unspecified atom stereocenters. The normalized spacial score (nSPS) is 11.9. The van der Waals surface area contributed by atoms with Crippen molar-refractivity contribution in [2.24, 2.45) is 0 Å². The van der Waals surface area contributed by atoms with Gasteiger partial charge in [-0.15, -0.1) is 0 Å². The highest BCUT2D eigenvalue weighted by atomic mass is 19.1. The van der Waals surface area contributed by atoms with Crippen LogP contribution in [0.1, 0.15) is 32.0 Å². The van der Waals surface area contributed by atoms with Crippen molar-refractivity contribution in [1.82, 2.24) is 4.98 Å². The Bertz CT molecular complexity index is 599. The summed E-state index contributed by atoms with van der Waals surface area (Å²) in [5.41, 5.74) is 1.97. The fraction of sp³-hybridized carbons (Fsp3) is 0.400. The van der Waals surface area contributed by atoms with Crippen molar-refractivity contribution >= 4 is 10.9 Å². The molecular weight excluding hydrogens is 229 g/mol. The third-order valence-corrected chi connectivity index (χ3v) is 2.71. The van der Waals surface area contributed by atoms with E-state index in [9.17, 15) is 4.39 Å². The molecule has 1 aromatic carbocycles. The minimum absolute atomic E-state index is 0.338. The third-order valence-electron chi connectivity index (χ3n) is 2.71. The summed E-state index contributed by atoms with van der Waals surface area (Å²) in [6, 6.07) is 5.18. The van der Waals surface area contributed by atoms with E-state index in [1.807, 2.05) is 46.8 Å². The van der Waals surface area contributed by atoms with Gasteiger partial charge >= 0.3 is 0 Å². The van der Waals surface area contributed by atoms with E-state index in [2.05, 4.69) is 4.98 Å². The maximum Gasteiger partial charge on any atom is 0.153 e. The molecule has 0 radical (unpaired) electrons. The second kappa shape index (κ2) is 4.23. The number of benzene rings is 1. The van der Waals surface area contributed by atoms with Gasteiger partial charge in [-0.3, -0.25) is 0 Å². The molecule has 3 heteroatoms. The summed E-state index contributed by atoms with van der Waals surface area (Å²) in [6.07, 6.45) is 0. The van der Waals surface area contributed by atoms with Crippen molar-refractivity contribution in [3.05, 3.63) is 35.3 Å². The van der Waals surface area contributed by atoms with Crippen LogP contribution in [0, 0.1) is 19.7 Å². The van der Waals surface area contributed by atoms with Crippen LogP contribution in [0.25, 0.3) is 10.9 Å². The van der Waals surface area contributed by atoms with E-state index in [-0.39, 0.29) is 11.4 Å². The first-order chi connectivity index (χ1) is 8.26. The Morgan fingerprint density at radius 2 is 1.78 bits per heavy atom. The predicted molar refractivity (Wildman–Crippen MR) is 71.6 cm³/mol. The Kier molecular flexibility index (Phi) is 3.01. The van der Waals surface area contributed by atoms with Crippen LogP contribution < -0.4 is 4.74 Å². The molecule has 0 spiro atoms. The zero-order valence-corrected chi connectivity index (χ0v) is 11.5. The Labute approximate surface area is 107 Å². The number of pyridine rings is 1. The highest BCUT2D eigenvalue weighted by Gasteiger charge is 2.14. The number of ether oxygens (including phenoxy) is 1. The molecule has 0 bridgehead atoms. The largest absolute Gasteiger partial charge is 0.488 e. The molecule has 96 valence electrons. The number of nitrogens with zero attached hydrogens (tertiary/aromatic N) is 1. The van der Waals surface area contributed by atoms with Crippen LogP contribution in [-0.4, -0.2) is 10.6 Å². The first kappa shape index (κ1) is 12.8. The molecule has 0 aliphatic rings. The molecule has 0 saturated heterocycles. The summed E-state index contributed by atoms with van der Waals surface area (Å²) >= 11 is 0. The topological polar surface area (TPSA) is 22.1 Å². The summed E-state index contributed by atoms with van der Waals surface area (Å²) in [4.78, 5) is 4.28.